The Morgan fingerprint density at radius 2 is 1.92 bits per heavy atom. The number of amides is 3. The first-order valence-corrected chi connectivity index (χ1v) is 12.4. The van der Waals surface area contributed by atoms with Crippen molar-refractivity contribution in [1.29, 1.82) is 0 Å². The second-order valence-electron chi connectivity index (χ2n) is 11.0. The monoisotopic (exact) mass is 526 g/mol. The van der Waals surface area contributed by atoms with Crippen molar-refractivity contribution in [3.05, 3.63) is 29.3 Å². The minimum Gasteiger partial charge on any atom is -0.492 e. The van der Waals surface area contributed by atoms with E-state index in [1.165, 1.54) is 4.90 Å². The Bertz CT molecular complexity index is 1310. The number of nitrogens with zero attached hydrogens (tertiary/aromatic N) is 4. The van der Waals surface area contributed by atoms with E-state index in [0.717, 1.165) is 10.5 Å². The first-order valence-electron chi connectivity index (χ1n) is 12.4. The van der Waals surface area contributed by atoms with Gasteiger partial charge in [0.05, 0.1) is 24.8 Å². The van der Waals surface area contributed by atoms with Crippen molar-refractivity contribution < 1.29 is 29.3 Å². The van der Waals surface area contributed by atoms with E-state index in [1.807, 2.05) is 19.9 Å². The molecule has 202 valence electrons. The predicted octanol–water partition coefficient (Wildman–Crippen LogP) is -2.72. The number of ether oxygens (including phenoxy) is 1. The van der Waals surface area contributed by atoms with Crippen LogP contribution in [0.3, 0.4) is 0 Å². The van der Waals surface area contributed by atoms with Crippen molar-refractivity contribution in [2.45, 2.75) is 61.7 Å². The highest BCUT2D eigenvalue weighted by Crippen LogP contribution is 2.45. The number of para-hydroxylation sites is 1. The molecule has 0 bridgehead atoms. The Labute approximate surface area is 217 Å². The molecule has 0 aromatic heterocycles. The summed E-state index contributed by atoms with van der Waals surface area (Å²) >= 11 is 0. The first kappa shape index (κ1) is 24.4. The predicted molar refractivity (Wildman–Crippen MR) is 133 cm³/mol. The third-order valence-corrected chi connectivity index (χ3v) is 8.20. The normalized spacial score (nSPS) is 32.2. The van der Waals surface area contributed by atoms with Gasteiger partial charge in [0.15, 0.2) is 17.6 Å². The fraction of sp³-hybridized carbons (Fsp3) is 0.542. The molecule has 1 aromatic carbocycles. The molecule has 4 atom stereocenters. The second-order valence-corrected chi connectivity index (χ2v) is 11.0. The largest absolute Gasteiger partial charge is 0.492 e. The van der Waals surface area contributed by atoms with Crippen molar-refractivity contribution in [2.24, 2.45) is 21.5 Å². The van der Waals surface area contributed by atoms with Crippen LogP contribution in [-0.2, 0) is 15.0 Å². The Morgan fingerprint density at radius 3 is 2.63 bits per heavy atom. The number of guanidine groups is 2. The molecule has 0 radical (unpaired) electrons. The topological polar surface area (TPSA) is 208 Å². The molecule has 5 aliphatic heterocycles. The summed E-state index contributed by atoms with van der Waals surface area (Å²) in [4.78, 5) is 49.2. The third-order valence-electron chi connectivity index (χ3n) is 8.20. The zero-order chi connectivity index (χ0) is 27.2. The fourth-order valence-corrected chi connectivity index (χ4v) is 6.22. The summed E-state index contributed by atoms with van der Waals surface area (Å²) in [6, 6.07) is 2.09. The average Bonchev–Trinajstić information content (AvgIpc) is 3.54. The second kappa shape index (κ2) is 7.80. The van der Waals surface area contributed by atoms with Gasteiger partial charge in [0.1, 0.15) is 17.8 Å². The number of nitrogens with two attached hydrogens (primary N) is 2. The van der Waals surface area contributed by atoms with Crippen LogP contribution in [0.1, 0.15) is 42.6 Å². The zero-order valence-corrected chi connectivity index (χ0v) is 21.0. The Hall–Kier alpha value is -3.91. The third kappa shape index (κ3) is 3.16. The molecule has 6 rings (SSSR count). The number of benzene rings is 1. The number of likely N-dealkylation sites (tertiary alicyclic amines) is 1. The number of hydrogen-bond acceptors (Lipinski definition) is 12. The Balaban J connectivity index is 1.31. The summed E-state index contributed by atoms with van der Waals surface area (Å²) in [6.07, 6.45) is 0.191. The van der Waals surface area contributed by atoms with E-state index in [0.29, 0.717) is 12.4 Å². The average molecular weight is 527 g/mol. The molecular weight excluding hydrogens is 496 g/mol. The maximum Gasteiger partial charge on any atom is 0.255 e. The number of nitrogens with one attached hydrogen (secondary N) is 2. The fourth-order valence-electron chi connectivity index (χ4n) is 6.22. The van der Waals surface area contributed by atoms with E-state index in [4.69, 9.17) is 16.2 Å². The van der Waals surface area contributed by atoms with Crippen LogP contribution in [0.2, 0.25) is 0 Å². The van der Waals surface area contributed by atoms with E-state index in [-0.39, 0.29) is 60.6 Å². The molecule has 5 heterocycles. The van der Waals surface area contributed by atoms with Gasteiger partial charge >= 0.3 is 0 Å². The van der Waals surface area contributed by atoms with E-state index in [9.17, 15) is 24.6 Å². The van der Waals surface area contributed by atoms with Gasteiger partial charge in [0.25, 0.3) is 5.91 Å². The lowest BCUT2D eigenvalue weighted by Gasteiger charge is -2.49. The number of aliphatic imine (C=N–C) groups is 2. The maximum absolute atomic E-state index is 13.4. The van der Waals surface area contributed by atoms with Crippen molar-refractivity contribution >= 4 is 29.6 Å². The number of fused-ring (bicyclic) bond motifs is 1. The summed E-state index contributed by atoms with van der Waals surface area (Å²) in [6.45, 7) is 4.16. The molecule has 1 spiro atoms. The smallest absolute Gasteiger partial charge is 0.255 e. The molecule has 1 unspecified atom stereocenters. The highest BCUT2D eigenvalue weighted by Gasteiger charge is 2.73. The first-order chi connectivity index (χ1) is 17.9. The van der Waals surface area contributed by atoms with Gasteiger partial charge in [-0.05, 0) is 6.07 Å². The summed E-state index contributed by atoms with van der Waals surface area (Å²) in [7, 11) is 0. The van der Waals surface area contributed by atoms with Gasteiger partial charge in [-0.25, -0.2) is 9.98 Å². The highest BCUT2D eigenvalue weighted by atomic mass is 16.5. The van der Waals surface area contributed by atoms with Crippen LogP contribution in [0.15, 0.2) is 28.2 Å². The number of rotatable bonds is 4. The standard InChI is InChI=1S/C24H30N8O6/c1-22(2)10-38-17-11(4-3-5-12(17)22)19(35)28-14-9-32-21(26)27-13(8-31-15(33)6-7-16(31)34)18-23(32,24(14,36)37)30-20(25)29-18/h3-5,13-14,18,36-37H,6-10H2,1-2H3,(H2,26,27)(H,28,35)(H3,25,29,30)/t13-,14?,18-,23-/m0/s1. The molecule has 3 amide bonds. The summed E-state index contributed by atoms with van der Waals surface area (Å²) in [5, 5.41) is 28.8. The van der Waals surface area contributed by atoms with Gasteiger partial charge in [0.2, 0.25) is 17.6 Å². The van der Waals surface area contributed by atoms with E-state index >= 15 is 0 Å². The van der Waals surface area contributed by atoms with Gasteiger partial charge in [-0.3, -0.25) is 19.3 Å². The molecule has 0 saturated carbocycles. The molecular formula is C24H30N8O6. The van der Waals surface area contributed by atoms with Crippen LogP contribution in [0.25, 0.3) is 0 Å². The molecule has 8 N–H and O–H groups in total. The van der Waals surface area contributed by atoms with Crippen molar-refractivity contribution in [1.82, 2.24) is 20.4 Å². The van der Waals surface area contributed by atoms with Crippen LogP contribution >= 0.6 is 0 Å². The van der Waals surface area contributed by atoms with Crippen LogP contribution in [0.5, 0.6) is 5.75 Å². The lowest BCUT2D eigenvalue weighted by atomic mass is 9.84. The lowest BCUT2D eigenvalue weighted by Crippen LogP contribution is -2.78. The molecule has 2 fully saturated rings. The van der Waals surface area contributed by atoms with Gasteiger partial charge in [0, 0.05) is 30.4 Å². The maximum atomic E-state index is 13.4. The van der Waals surface area contributed by atoms with Gasteiger partial charge in [-0.1, -0.05) is 26.0 Å². The molecule has 0 aliphatic carbocycles. The number of imide groups is 1. The molecule has 2 saturated heterocycles. The number of carbonyl (C=O) groups is 3. The number of aliphatic hydroxyl groups is 2. The SMILES string of the molecule is CC1(C)COc2c(C(=O)NC3CN4C(N)=N[C@@H](CN5C(=O)CCC5=O)[C@@H]5N=C(N)N[C@@]54C3(O)O)cccc21. The van der Waals surface area contributed by atoms with Crippen LogP contribution in [-0.4, -0.2) is 98.9 Å². The lowest BCUT2D eigenvalue weighted by molar-refractivity contribution is -0.230. The summed E-state index contributed by atoms with van der Waals surface area (Å²) in [5.74, 6) is -3.61. The van der Waals surface area contributed by atoms with Gasteiger partial charge in [-0.15, -0.1) is 0 Å². The minimum absolute atomic E-state index is 0.0716. The molecule has 5 aliphatic rings. The van der Waals surface area contributed by atoms with Gasteiger partial charge < -0.3 is 42.0 Å². The quantitative estimate of drug-likeness (QED) is 0.176. The van der Waals surface area contributed by atoms with Crippen LogP contribution in [0, 0.1) is 0 Å². The Kier molecular flexibility index (Phi) is 5.01. The highest BCUT2D eigenvalue weighted by molar-refractivity contribution is 6.02. The summed E-state index contributed by atoms with van der Waals surface area (Å²) in [5.41, 5.74) is 11.4. The molecule has 14 nitrogen and oxygen atoms in total. The number of hydrogen-bond donors (Lipinski definition) is 6. The van der Waals surface area contributed by atoms with Crippen molar-refractivity contribution in [2.75, 3.05) is 19.7 Å². The molecule has 1 aromatic rings. The van der Waals surface area contributed by atoms with E-state index in [2.05, 4.69) is 20.6 Å². The zero-order valence-electron chi connectivity index (χ0n) is 21.0. The van der Waals surface area contributed by atoms with Gasteiger partial charge in [-0.2, -0.15) is 0 Å². The molecule has 38 heavy (non-hydrogen) atoms. The Morgan fingerprint density at radius 1 is 1.21 bits per heavy atom. The summed E-state index contributed by atoms with van der Waals surface area (Å²) < 4.78 is 5.83. The van der Waals surface area contributed by atoms with Crippen molar-refractivity contribution in [3.8, 4) is 5.75 Å². The minimum atomic E-state index is -2.64. The van der Waals surface area contributed by atoms with Crippen LogP contribution in [0.4, 0.5) is 0 Å². The van der Waals surface area contributed by atoms with Crippen molar-refractivity contribution in [3.63, 3.8) is 0 Å². The molecule has 14 heteroatoms. The van der Waals surface area contributed by atoms with E-state index < -0.39 is 35.5 Å². The van der Waals surface area contributed by atoms with E-state index in [1.54, 1.807) is 12.1 Å². The van der Waals surface area contributed by atoms with Crippen LogP contribution < -0.4 is 26.8 Å². The number of carbonyl (C=O) groups excluding carboxylic acids is 3.